The highest BCUT2D eigenvalue weighted by molar-refractivity contribution is 7.18. The summed E-state index contributed by atoms with van der Waals surface area (Å²) in [6, 6.07) is 1.77. The smallest absolute Gasteiger partial charge is 0.341 e. The fraction of sp³-hybridized carbons (Fsp3) is 0.250. The van der Waals surface area contributed by atoms with Crippen LogP contribution in [0.3, 0.4) is 0 Å². The zero-order valence-corrected chi connectivity index (χ0v) is 11.2. The maximum atomic E-state index is 11.9. The van der Waals surface area contributed by atoms with Crippen LogP contribution in [-0.2, 0) is 9.53 Å². The van der Waals surface area contributed by atoms with Crippen molar-refractivity contribution in [1.82, 2.24) is 9.78 Å². The number of esters is 1. The predicted molar refractivity (Wildman–Crippen MR) is 69.9 cm³/mol. The molecule has 0 aliphatic rings. The Labute approximate surface area is 113 Å². The molecule has 2 rings (SSSR count). The van der Waals surface area contributed by atoms with Crippen molar-refractivity contribution in [2.75, 3.05) is 6.61 Å². The summed E-state index contributed by atoms with van der Waals surface area (Å²) in [5, 5.41) is 5.11. The molecule has 0 radical (unpaired) electrons. The van der Waals surface area contributed by atoms with E-state index >= 15 is 0 Å². The first-order valence-corrected chi connectivity index (χ1v) is 6.39. The SMILES string of the molecule is CCOC(=O)c1c(N=C=O)sc(-n2cccn2)c1C. The second-order valence-electron chi connectivity index (χ2n) is 3.59. The predicted octanol–water partition coefficient (Wildman–Crippen LogP) is 2.39. The average Bonchev–Trinajstić information content (AvgIpc) is 2.98. The second-order valence-corrected chi connectivity index (χ2v) is 4.56. The van der Waals surface area contributed by atoms with Gasteiger partial charge in [0.05, 0.1) is 6.61 Å². The molecule has 0 unspecified atom stereocenters. The Hall–Kier alpha value is -2.24. The van der Waals surface area contributed by atoms with Gasteiger partial charge in [-0.1, -0.05) is 11.3 Å². The topological polar surface area (TPSA) is 73.5 Å². The van der Waals surface area contributed by atoms with Crippen LogP contribution in [-0.4, -0.2) is 28.4 Å². The van der Waals surface area contributed by atoms with E-state index in [2.05, 4.69) is 10.1 Å². The molecule has 0 N–H and O–H groups in total. The van der Waals surface area contributed by atoms with Gasteiger partial charge in [-0.25, -0.2) is 14.3 Å². The molecule has 6 nitrogen and oxygen atoms in total. The lowest BCUT2D eigenvalue weighted by Gasteiger charge is -2.02. The van der Waals surface area contributed by atoms with Crippen molar-refractivity contribution < 1.29 is 14.3 Å². The molecule has 0 saturated heterocycles. The molecular weight excluding hydrogens is 266 g/mol. The van der Waals surface area contributed by atoms with E-state index in [4.69, 9.17) is 4.74 Å². The number of hydrogen-bond acceptors (Lipinski definition) is 6. The van der Waals surface area contributed by atoms with Crippen LogP contribution in [0.1, 0.15) is 22.8 Å². The molecule has 0 saturated carbocycles. The number of nitrogens with zero attached hydrogens (tertiary/aromatic N) is 3. The lowest BCUT2D eigenvalue weighted by molar-refractivity contribution is 0.0527. The van der Waals surface area contributed by atoms with Crippen LogP contribution in [0.4, 0.5) is 5.00 Å². The number of rotatable bonds is 4. The van der Waals surface area contributed by atoms with E-state index in [1.165, 1.54) is 17.4 Å². The van der Waals surface area contributed by atoms with Gasteiger partial charge < -0.3 is 4.74 Å². The summed E-state index contributed by atoms with van der Waals surface area (Å²) in [6.45, 7) is 3.75. The standard InChI is InChI=1S/C12H11N3O3S/c1-3-18-12(17)9-8(2)11(15-6-4-5-14-15)19-10(9)13-7-16/h4-6H,3H2,1-2H3. The number of thiophene rings is 1. The third-order valence-corrected chi connectivity index (χ3v) is 3.62. The number of carbonyl (C=O) groups is 1. The van der Waals surface area contributed by atoms with Gasteiger partial charge in [-0.05, 0) is 19.9 Å². The van der Waals surface area contributed by atoms with E-state index in [1.807, 2.05) is 0 Å². The summed E-state index contributed by atoms with van der Waals surface area (Å²) in [5.74, 6) is -0.497. The summed E-state index contributed by atoms with van der Waals surface area (Å²) < 4.78 is 6.59. The van der Waals surface area contributed by atoms with E-state index in [0.29, 0.717) is 11.1 Å². The minimum atomic E-state index is -0.497. The van der Waals surface area contributed by atoms with Crippen LogP contribution >= 0.6 is 11.3 Å². The van der Waals surface area contributed by atoms with Gasteiger partial charge in [-0.3, -0.25) is 0 Å². The van der Waals surface area contributed by atoms with Gasteiger partial charge in [0, 0.05) is 18.0 Å². The van der Waals surface area contributed by atoms with Crippen LogP contribution in [0.15, 0.2) is 23.5 Å². The second kappa shape index (κ2) is 5.60. The summed E-state index contributed by atoms with van der Waals surface area (Å²) in [6.07, 6.45) is 4.84. The van der Waals surface area contributed by atoms with Crippen molar-refractivity contribution >= 4 is 28.4 Å². The first kappa shape index (κ1) is 13.2. The van der Waals surface area contributed by atoms with E-state index < -0.39 is 5.97 Å². The minimum Gasteiger partial charge on any atom is -0.462 e. The van der Waals surface area contributed by atoms with Gasteiger partial charge in [0.25, 0.3) is 0 Å². The third kappa shape index (κ3) is 2.47. The molecule has 0 amide bonds. The number of aliphatic imine (C=N–C) groups is 1. The lowest BCUT2D eigenvalue weighted by Crippen LogP contribution is -2.06. The van der Waals surface area contributed by atoms with E-state index in [9.17, 15) is 9.59 Å². The fourth-order valence-corrected chi connectivity index (χ4v) is 2.72. The zero-order chi connectivity index (χ0) is 13.8. The average molecular weight is 277 g/mol. The number of ether oxygens (including phenoxy) is 1. The van der Waals surface area contributed by atoms with Crippen molar-refractivity contribution in [2.45, 2.75) is 13.8 Å². The molecule has 0 fully saturated rings. The molecule has 2 aromatic heterocycles. The number of aromatic nitrogens is 2. The van der Waals surface area contributed by atoms with E-state index in [0.717, 1.165) is 5.00 Å². The lowest BCUT2D eigenvalue weighted by atomic mass is 10.2. The number of isocyanates is 1. The fourth-order valence-electron chi connectivity index (χ4n) is 1.66. The maximum absolute atomic E-state index is 11.9. The van der Waals surface area contributed by atoms with Crippen LogP contribution in [0.2, 0.25) is 0 Å². The molecule has 0 bridgehead atoms. The number of carbonyl (C=O) groups excluding carboxylic acids is 2. The van der Waals surface area contributed by atoms with Gasteiger partial charge in [0.1, 0.15) is 15.6 Å². The summed E-state index contributed by atoms with van der Waals surface area (Å²) in [4.78, 5) is 25.9. The van der Waals surface area contributed by atoms with Crippen LogP contribution in [0, 0.1) is 6.92 Å². The molecule has 0 aromatic carbocycles. The first-order valence-electron chi connectivity index (χ1n) is 5.57. The largest absolute Gasteiger partial charge is 0.462 e. The number of hydrogen-bond donors (Lipinski definition) is 0. The highest BCUT2D eigenvalue weighted by atomic mass is 32.1. The summed E-state index contributed by atoms with van der Waals surface area (Å²) in [5.41, 5.74) is 0.974. The Morgan fingerprint density at radius 3 is 3.00 bits per heavy atom. The van der Waals surface area contributed by atoms with Gasteiger partial charge >= 0.3 is 5.97 Å². The Bertz CT molecular complexity index is 639. The van der Waals surface area contributed by atoms with Crippen LogP contribution < -0.4 is 0 Å². The first-order chi connectivity index (χ1) is 9.19. The van der Waals surface area contributed by atoms with Gasteiger partial charge in [-0.2, -0.15) is 10.1 Å². The minimum absolute atomic E-state index is 0.259. The molecule has 2 aromatic rings. The van der Waals surface area contributed by atoms with Gasteiger partial charge in [0.15, 0.2) is 0 Å². The molecule has 0 aliphatic carbocycles. The van der Waals surface area contributed by atoms with Crippen molar-refractivity contribution in [2.24, 2.45) is 4.99 Å². The Morgan fingerprint density at radius 2 is 2.42 bits per heavy atom. The molecule has 0 atom stereocenters. The Balaban J connectivity index is 2.58. The van der Waals surface area contributed by atoms with Crippen molar-refractivity contribution in [3.8, 4) is 5.00 Å². The summed E-state index contributed by atoms with van der Waals surface area (Å²) >= 11 is 1.19. The summed E-state index contributed by atoms with van der Waals surface area (Å²) in [7, 11) is 0. The molecule has 0 spiro atoms. The van der Waals surface area contributed by atoms with Gasteiger partial charge in [-0.15, -0.1) is 0 Å². The molecule has 98 valence electrons. The third-order valence-electron chi connectivity index (χ3n) is 2.44. The normalized spacial score (nSPS) is 10.0. The van der Waals surface area contributed by atoms with Crippen molar-refractivity contribution in [3.63, 3.8) is 0 Å². The molecule has 7 heteroatoms. The highest BCUT2D eigenvalue weighted by Gasteiger charge is 2.23. The highest BCUT2D eigenvalue weighted by Crippen LogP contribution is 2.37. The van der Waals surface area contributed by atoms with Crippen LogP contribution in [0.5, 0.6) is 0 Å². The van der Waals surface area contributed by atoms with E-state index in [-0.39, 0.29) is 11.6 Å². The Kier molecular flexibility index (Phi) is 3.89. The van der Waals surface area contributed by atoms with Gasteiger partial charge in [0.2, 0.25) is 6.08 Å². The van der Waals surface area contributed by atoms with Crippen molar-refractivity contribution in [3.05, 3.63) is 29.6 Å². The molecule has 19 heavy (non-hydrogen) atoms. The molecule has 2 heterocycles. The maximum Gasteiger partial charge on any atom is 0.341 e. The molecule has 0 aliphatic heterocycles. The van der Waals surface area contributed by atoms with Crippen molar-refractivity contribution in [1.29, 1.82) is 0 Å². The Morgan fingerprint density at radius 1 is 1.63 bits per heavy atom. The zero-order valence-electron chi connectivity index (χ0n) is 10.4. The molecular formula is C12H11N3O3S. The van der Waals surface area contributed by atoms with Crippen LogP contribution in [0.25, 0.3) is 5.00 Å². The monoisotopic (exact) mass is 277 g/mol. The van der Waals surface area contributed by atoms with E-state index in [1.54, 1.807) is 37.0 Å². The quantitative estimate of drug-likeness (QED) is 0.488.